The lowest BCUT2D eigenvalue weighted by molar-refractivity contribution is 0.0888. The molecule has 4 heteroatoms. The van der Waals surface area contributed by atoms with Gasteiger partial charge in [-0.1, -0.05) is 74.2 Å². The van der Waals surface area contributed by atoms with Gasteiger partial charge in [-0.2, -0.15) is 0 Å². The van der Waals surface area contributed by atoms with Crippen molar-refractivity contribution in [1.29, 1.82) is 0 Å². The second-order valence-corrected chi connectivity index (χ2v) is 7.42. The van der Waals surface area contributed by atoms with Crippen LogP contribution in [-0.2, 0) is 11.2 Å². The van der Waals surface area contributed by atoms with Gasteiger partial charge in [-0.3, -0.25) is 4.79 Å². The Morgan fingerprint density at radius 1 is 1.14 bits per heavy atom. The molecule has 2 N–H and O–H groups in total. The number of hydrogen-bond acceptors (Lipinski definition) is 3. The summed E-state index contributed by atoms with van der Waals surface area (Å²) in [5.41, 5.74) is 3.45. The summed E-state index contributed by atoms with van der Waals surface area (Å²) in [5.74, 6) is -0.164. The molecule has 0 fully saturated rings. The molecule has 1 amide bonds. The van der Waals surface area contributed by atoms with Gasteiger partial charge < -0.3 is 15.2 Å². The summed E-state index contributed by atoms with van der Waals surface area (Å²) >= 11 is 0. The number of aryl methyl sites for hydroxylation is 1. The quantitative estimate of drug-likeness (QED) is 0.558. The normalized spacial score (nSPS) is 13.1. The van der Waals surface area contributed by atoms with E-state index in [2.05, 4.69) is 12.2 Å². The van der Waals surface area contributed by atoms with Crippen molar-refractivity contribution in [2.45, 2.75) is 58.1 Å². The van der Waals surface area contributed by atoms with Gasteiger partial charge in [0.1, 0.15) is 0 Å². The van der Waals surface area contributed by atoms with Crippen LogP contribution < -0.4 is 5.32 Å². The first-order valence-corrected chi connectivity index (χ1v) is 10.2. The van der Waals surface area contributed by atoms with E-state index in [4.69, 9.17) is 4.74 Å². The molecule has 2 atom stereocenters. The molecule has 0 saturated heterocycles. The van der Waals surface area contributed by atoms with Crippen LogP contribution in [0.3, 0.4) is 0 Å². The minimum absolute atomic E-state index is 0.133. The van der Waals surface area contributed by atoms with Crippen molar-refractivity contribution in [1.82, 2.24) is 5.32 Å². The number of rotatable bonds is 11. The SMILES string of the molecule is CCCCCC(O)c1cc(C)ccc1C(=O)N[C@H](COC)Cc1ccccc1. The summed E-state index contributed by atoms with van der Waals surface area (Å²) in [7, 11) is 1.64. The highest BCUT2D eigenvalue weighted by atomic mass is 16.5. The van der Waals surface area contributed by atoms with Crippen LogP contribution >= 0.6 is 0 Å². The van der Waals surface area contributed by atoms with Gasteiger partial charge >= 0.3 is 0 Å². The molecule has 0 aliphatic heterocycles. The van der Waals surface area contributed by atoms with Crippen molar-refractivity contribution in [3.8, 4) is 0 Å². The van der Waals surface area contributed by atoms with Gasteiger partial charge in [-0.05, 0) is 37.0 Å². The second kappa shape index (κ2) is 11.6. The van der Waals surface area contributed by atoms with Gasteiger partial charge in [0.2, 0.25) is 0 Å². The maximum Gasteiger partial charge on any atom is 0.251 e. The molecule has 0 aromatic heterocycles. The first kappa shape index (κ1) is 22.1. The molecule has 0 bridgehead atoms. The lowest BCUT2D eigenvalue weighted by Gasteiger charge is -2.21. The molecule has 0 spiro atoms. The first-order chi connectivity index (χ1) is 13.5. The largest absolute Gasteiger partial charge is 0.388 e. The van der Waals surface area contributed by atoms with Crippen molar-refractivity contribution in [3.05, 3.63) is 70.8 Å². The topological polar surface area (TPSA) is 58.6 Å². The summed E-state index contributed by atoms with van der Waals surface area (Å²) in [6.45, 7) is 4.55. The zero-order valence-electron chi connectivity index (χ0n) is 17.3. The zero-order chi connectivity index (χ0) is 20.4. The Hall–Kier alpha value is -2.17. The zero-order valence-corrected chi connectivity index (χ0v) is 17.3. The molecule has 152 valence electrons. The summed E-state index contributed by atoms with van der Waals surface area (Å²) in [6, 6.07) is 15.6. The summed E-state index contributed by atoms with van der Waals surface area (Å²) in [4.78, 5) is 13.0. The van der Waals surface area contributed by atoms with Crippen LogP contribution in [0, 0.1) is 6.92 Å². The van der Waals surface area contributed by atoms with Gasteiger partial charge in [0.15, 0.2) is 0 Å². The monoisotopic (exact) mass is 383 g/mol. The Balaban J connectivity index is 2.14. The number of ether oxygens (including phenoxy) is 1. The number of aliphatic hydroxyl groups is 1. The fourth-order valence-electron chi connectivity index (χ4n) is 3.42. The van der Waals surface area contributed by atoms with E-state index in [0.717, 1.165) is 30.4 Å². The lowest BCUT2D eigenvalue weighted by Crippen LogP contribution is -2.40. The van der Waals surface area contributed by atoms with Gasteiger partial charge in [0.25, 0.3) is 5.91 Å². The van der Waals surface area contributed by atoms with E-state index in [9.17, 15) is 9.90 Å². The molecule has 2 aromatic carbocycles. The number of methoxy groups -OCH3 is 1. The number of nitrogens with one attached hydrogen (secondary N) is 1. The summed E-state index contributed by atoms with van der Waals surface area (Å²) in [5, 5.41) is 13.8. The van der Waals surface area contributed by atoms with Crippen molar-refractivity contribution in [2.24, 2.45) is 0 Å². The Kier molecular flexibility index (Phi) is 9.18. The Labute approximate surface area is 168 Å². The predicted molar refractivity (Wildman–Crippen MR) is 114 cm³/mol. The van der Waals surface area contributed by atoms with E-state index in [1.807, 2.05) is 55.5 Å². The fraction of sp³-hybridized carbons (Fsp3) is 0.458. The maximum atomic E-state index is 13.0. The molecule has 2 aromatic rings. The Morgan fingerprint density at radius 3 is 2.57 bits per heavy atom. The van der Waals surface area contributed by atoms with E-state index in [1.54, 1.807) is 7.11 Å². The molecular weight excluding hydrogens is 350 g/mol. The van der Waals surface area contributed by atoms with Crippen LogP contribution in [0.2, 0.25) is 0 Å². The smallest absolute Gasteiger partial charge is 0.251 e. The van der Waals surface area contributed by atoms with Crippen LogP contribution in [0.5, 0.6) is 0 Å². The average molecular weight is 384 g/mol. The Bertz CT molecular complexity index is 730. The minimum Gasteiger partial charge on any atom is -0.388 e. The van der Waals surface area contributed by atoms with E-state index < -0.39 is 6.10 Å². The molecule has 1 unspecified atom stereocenters. The number of carbonyl (C=O) groups is 1. The number of benzene rings is 2. The van der Waals surface area contributed by atoms with Crippen LogP contribution in [0.15, 0.2) is 48.5 Å². The molecule has 0 saturated carbocycles. The summed E-state index contributed by atoms with van der Waals surface area (Å²) in [6.07, 6.45) is 3.88. The van der Waals surface area contributed by atoms with Gasteiger partial charge in [-0.15, -0.1) is 0 Å². The highest BCUT2D eigenvalue weighted by molar-refractivity contribution is 5.96. The lowest BCUT2D eigenvalue weighted by atomic mass is 9.95. The third-order valence-electron chi connectivity index (χ3n) is 4.92. The standard InChI is InChI=1S/C24H33NO3/c1-4-5-7-12-23(26)22-15-18(2)13-14-21(22)24(27)25-20(17-28-3)16-19-10-8-6-9-11-19/h6,8-11,13-15,20,23,26H,4-5,7,12,16-17H2,1-3H3,(H,25,27)/t20-,23?/m0/s1. The number of unbranched alkanes of at least 4 members (excludes halogenated alkanes) is 2. The molecule has 0 radical (unpaired) electrons. The van der Waals surface area contributed by atoms with Crippen molar-refractivity contribution in [3.63, 3.8) is 0 Å². The maximum absolute atomic E-state index is 13.0. The molecule has 4 nitrogen and oxygen atoms in total. The van der Waals surface area contributed by atoms with Crippen molar-refractivity contribution in [2.75, 3.05) is 13.7 Å². The second-order valence-electron chi connectivity index (χ2n) is 7.42. The van der Waals surface area contributed by atoms with Gasteiger partial charge in [-0.25, -0.2) is 0 Å². The number of aliphatic hydroxyl groups excluding tert-OH is 1. The molecule has 0 aliphatic carbocycles. The molecular formula is C24H33NO3. The fourth-order valence-corrected chi connectivity index (χ4v) is 3.42. The van der Waals surface area contributed by atoms with Gasteiger partial charge in [0.05, 0.1) is 18.8 Å². The van der Waals surface area contributed by atoms with E-state index >= 15 is 0 Å². The molecule has 2 rings (SSSR count). The van der Waals surface area contributed by atoms with E-state index in [1.165, 1.54) is 0 Å². The minimum atomic E-state index is -0.623. The molecule has 0 aliphatic rings. The van der Waals surface area contributed by atoms with Crippen molar-refractivity contribution < 1.29 is 14.6 Å². The summed E-state index contributed by atoms with van der Waals surface area (Å²) < 4.78 is 5.31. The van der Waals surface area contributed by atoms with Crippen LogP contribution in [0.4, 0.5) is 0 Å². The van der Waals surface area contributed by atoms with Gasteiger partial charge in [0, 0.05) is 12.7 Å². The van der Waals surface area contributed by atoms with Crippen LogP contribution in [-0.4, -0.2) is 30.8 Å². The van der Waals surface area contributed by atoms with Crippen LogP contribution in [0.1, 0.15) is 65.8 Å². The average Bonchev–Trinajstić information content (AvgIpc) is 2.69. The number of carbonyl (C=O) groups excluding carboxylic acids is 1. The highest BCUT2D eigenvalue weighted by Crippen LogP contribution is 2.25. The third-order valence-corrected chi connectivity index (χ3v) is 4.92. The Morgan fingerprint density at radius 2 is 1.89 bits per heavy atom. The van der Waals surface area contributed by atoms with E-state index in [0.29, 0.717) is 30.6 Å². The molecule has 0 heterocycles. The first-order valence-electron chi connectivity index (χ1n) is 10.2. The molecule has 28 heavy (non-hydrogen) atoms. The highest BCUT2D eigenvalue weighted by Gasteiger charge is 2.20. The van der Waals surface area contributed by atoms with E-state index in [-0.39, 0.29) is 11.9 Å². The number of hydrogen-bond donors (Lipinski definition) is 2. The predicted octanol–water partition coefficient (Wildman–Crippen LogP) is 4.60. The van der Waals surface area contributed by atoms with Crippen molar-refractivity contribution >= 4 is 5.91 Å². The third kappa shape index (κ3) is 6.77. The van der Waals surface area contributed by atoms with Crippen LogP contribution in [0.25, 0.3) is 0 Å². The number of amides is 1.